The lowest BCUT2D eigenvalue weighted by molar-refractivity contribution is -0.150. The molecule has 2 aromatic rings. The van der Waals surface area contributed by atoms with E-state index in [1.807, 2.05) is 42.5 Å². The number of hydrogen-bond donors (Lipinski definition) is 3. The highest BCUT2D eigenvalue weighted by atomic mass is 16.8. The summed E-state index contributed by atoms with van der Waals surface area (Å²) < 4.78 is 26.0. The van der Waals surface area contributed by atoms with Gasteiger partial charge in [0.1, 0.15) is 24.1 Å². The maximum Gasteiger partial charge on any atom is 0.351 e. The number of carbonyl (C=O) groups excluding carboxylic acids is 1. The van der Waals surface area contributed by atoms with E-state index in [2.05, 4.69) is 15.6 Å². The predicted molar refractivity (Wildman–Crippen MR) is 148 cm³/mol. The van der Waals surface area contributed by atoms with Crippen LogP contribution in [0.1, 0.15) is 44.4 Å². The Morgan fingerprint density at radius 3 is 2.63 bits per heavy atom. The predicted octanol–water partition coefficient (Wildman–Crippen LogP) is 3.01. The molecule has 12 heteroatoms. The summed E-state index contributed by atoms with van der Waals surface area (Å²) in [5, 5.41) is 14.7. The van der Waals surface area contributed by atoms with E-state index in [1.54, 1.807) is 6.92 Å². The zero-order valence-electron chi connectivity index (χ0n) is 22.9. The molecule has 220 valence electrons. The lowest BCUT2D eigenvalue weighted by Gasteiger charge is -2.28. The number of nitrogens with zero attached hydrogens (tertiary/aromatic N) is 2. The highest BCUT2D eigenvalue weighted by Crippen LogP contribution is 2.40. The summed E-state index contributed by atoms with van der Waals surface area (Å²) in [6.07, 6.45) is 5.32. The number of aliphatic carboxylic acids is 1. The first-order valence-electron chi connectivity index (χ1n) is 14.1. The fraction of sp³-hybridized carbons (Fsp3) is 0.517. The van der Waals surface area contributed by atoms with E-state index in [1.165, 1.54) is 16.8 Å². The monoisotopic (exact) mass is 568 g/mol. The molecule has 1 aliphatic carbocycles. The van der Waals surface area contributed by atoms with Gasteiger partial charge in [-0.1, -0.05) is 49.2 Å². The van der Waals surface area contributed by atoms with Crippen molar-refractivity contribution in [2.24, 2.45) is 11.8 Å². The highest BCUT2D eigenvalue weighted by Gasteiger charge is 2.53. The molecule has 0 spiro atoms. The molecule has 12 nitrogen and oxygen atoms in total. The van der Waals surface area contributed by atoms with Crippen LogP contribution in [0, 0.1) is 11.8 Å². The maximum absolute atomic E-state index is 13.0. The molecule has 7 atom stereocenters. The summed E-state index contributed by atoms with van der Waals surface area (Å²) >= 11 is 0. The van der Waals surface area contributed by atoms with Gasteiger partial charge in [-0.25, -0.2) is 9.59 Å². The van der Waals surface area contributed by atoms with E-state index in [0.29, 0.717) is 19.6 Å². The van der Waals surface area contributed by atoms with E-state index in [0.717, 1.165) is 24.8 Å². The number of urea groups is 1. The summed E-state index contributed by atoms with van der Waals surface area (Å²) in [6.45, 7) is 2.67. The van der Waals surface area contributed by atoms with E-state index < -0.39 is 54.4 Å². The number of carboxylic acid groups (broad SMARTS) is 1. The van der Waals surface area contributed by atoms with Crippen LogP contribution in [0.3, 0.4) is 0 Å². The minimum atomic E-state index is -0.844. The second-order valence-corrected chi connectivity index (χ2v) is 10.4. The van der Waals surface area contributed by atoms with Gasteiger partial charge in [0.25, 0.3) is 0 Å². The Morgan fingerprint density at radius 1 is 1.10 bits per heavy atom. The van der Waals surface area contributed by atoms with Crippen molar-refractivity contribution in [3.8, 4) is 0 Å². The number of ether oxygens (including phenoxy) is 4. The molecule has 41 heavy (non-hydrogen) atoms. The zero-order valence-corrected chi connectivity index (χ0v) is 22.9. The number of hydrogen-bond acceptors (Lipinski definition) is 8. The second kappa shape index (κ2) is 13.4. The molecule has 2 saturated heterocycles. The average Bonchev–Trinajstić information content (AvgIpc) is 3.52. The number of amides is 2. The molecule has 2 aliphatic heterocycles. The van der Waals surface area contributed by atoms with Crippen LogP contribution in [-0.4, -0.2) is 71.0 Å². The lowest BCUT2D eigenvalue weighted by Crippen LogP contribution is -2.35. The van der Waals surface area contributed by atoms with Gasteiger partial charge in [-0.2, -0.15) is 4.98 Å². The number of aromatic nitrogens is 2. The number of nitrogens with one attached hydrogen (secondary N) is 2. The molecule has 0 radical (unpaired) electrons. The molecular weight excluding hydrogens is 532 g/mol. The molecular formula is C29H36N4O8. The van der Waals surface area contributed by atoms with E-state index in [4.69, 9.17) is 18.9 Å². The van der Waals surface area contributed by atoms with Crippen molar-refractivity contribution < 1.29 is 33.6 Å². The number of rotatable bonds is 10. The quantitative estimate of drug-likeness (QED) is 0.393. The Morgan fingerprint density at radius 2 is 1.88 bits per heavy atom. The Bertz CT molecular complexity index is 1290. The summed E-state index contributed by atoms with van der Waals surface area (Å²) in [4.78, 5) is 40.5. The Labute approximate surface area is 237 Å². The molecule has 0 bridgehead atoms. The highest BCUT2D eigenvalue weighted by molar-refractivity contribution is 5.87. The summed E-state index contributed by atoms with van der Waals surface area (Å²) in [5.74, 6) is -1.15. The van der Waals surface area contributed by atoms with E-state index in [9.17, 15) is 19.5 Å². The zero-order chi connectivity index (χ0) is 28.8. The van der Waals surface area contributed by atoms with Gasteiger partial charge in [-0.05, 0) is 43.4 Å². The van der Waals surface area contributed by atoms with Gasteiger partial charge in [-0.15, -0.1) is 0 Å². The number of benzene rings is 1. The third-order valence-electron chi connectivity index (χ3n) is 7.64. The van der Waals surface area contributed by atoms with Crippen molar-refractivity contribution in [1.29, 1.82) is 0 Å². The van der Waals surface area contributed by atoms with Crippen molar-refractivity contribution in [3.63, 3.8) is 0 Å². The third kappa shape index (κ3) is 7.02. The van der Waals surface area contributed by atoms with Gasteiger partial charge in [0.05, 0.1) is 19.1 Å². The Hall–Kier alpha value is -3.58. The minimum absolute atomic E-state index is 0.0617. The number of carboxylic acids is 1. The average molecular weight is 569 g/mol. The molecule has 3 aliphatic rings. The second-order valence-electron chi connectivity index (χ2n) is 10.4. The van der Waals surface area contributed by atoms with Gasteiger partial charge in [0.15, 0.2) is 12.5 Å². The number of fused-ring (bicyclic) bond motifs is 1. The largest absolute Gasteiger partial charge is 0.481 e. The van der Waals surface area contributed by atoms with Crippen molar-refractivity contribution in [2.75, 3.05) is 25.1 Å². The Balaban J connectivity index is 1.30. The minimum Gasteiger partial charge on any atom is -0.481 e. The van der Waals surface area contributed by atoms with E-state index in [-0.39, 0.29) is 18.3 Å². The molecule has 5 rings (SSSR count). The van der Waals surface area contributed by atoms with Crippen molar-refractivity contribution in [2.45, 2.75) is 63.4 Å². The standard InChI is InChI=1S/C29H36N4O8/c1-2-30-28(36)31-22-14-15-33(29(37)32-22)26-25-24(40-23(41-25)13-12-18-8-4-3-5-9-18)21(39-26)17-38-16-19-10-6-7-11-20(19)27(34)35/h3-5,8-9,12-15,19-21,23-26H,2,6-7,10-11,16-17H2,1H3,(H,34,35)(H2,30,31,32,36,37)/t19?,20?,21-,23+,24?,25+,26-/m1/s1. The first kappa shape index (κ1) is 28.9. The normalized spacial score (nSPS) is 29.3. The van der Waals surface area contributed by atoms with Crippen LogP contribution in [-0.2, 0) is 23.7 Å². The maximum atomic E-state index is 13.0. The van der Waals surface area contributed by atoms with Gasteiger partial charge in [0, 0.05) is 12.7 Å². The Kier molecular flexibility index (Phi) is 9.45. The fourth-order valence-electron chi connectivity index (χ4n) is 5.63. The molecule has 3 heterocycles. The first-order valence-corrected chi connectivity index (χ1v) is 14.1. The topological polar surface area (TPSA) is 150 Å². The van der Waals surface area contributed by atoms with Crippen molar-refractivity contribution in [1.82, 2.24) is 14.9 Å². The fourth-order valence-corrected chi connectivity index (χ4v) is 5.63. The van der Waals surface area contributed by atoms with Crippen LogP contribution in [0.2, 0.25) is 0 Å². The smallest absolute Gasteiger partial charge is 0.351 e. The van der Waals surface area contributed by atoms with Gasteiger partial charge in [-0.3, -0.25) is 14.7 Å². The molecule has 3 N–H and O–H groups in total. The SMILES string of the molecule is CCNC(=O)Nc1ccn([C@@H]2O[C@H](COCC3CCCCC3C(=O)O)C3O[C@H](C=Cc4ccccc4)O[C@@H]32)c(=O)n1. The van der Waals surface area contributed by atoms with Crippen LogP contribution in [0.4, 0.5) is 10.6 Å². The molecule has 3 fully saturated rings. The number of carbonyl (C=O) groups is 2. The van der Waals surface area contributed by atoms with Gasteiger partial charge >= 0.3 is 17.7 Å². The van der Waals surface area contributed by atoms with Crippen LogP contribution >= 0.6 is 0 Å². The lowest BCUT2D eigenvalue weighted by atomic mass is 9.80. The van der Waals surface area contributed by atoms with E-state index >= 15 is 0 Å². The molecule has 1 saturated carbocycles. The first-order chi connectivity index (χ1) is 19.9. The summed E-state index contributed by atoms with van der Waals surface area (Å²) in [6, 6.07) is 10.8. The van der Waals surface area contributed by atoms with Gasteiger partial charge in [0.2, 0.25) is 0 Å². The van der Waals surface area contributed by atoms with Crippen LogP contribution in [0.25, 0.3) is 6.08 Å². The third-order valence-corrected chi connectivity index (χ3v) is 7.64. The van der Waals surface area contributed by atoms with Crippen molar-refractivity contribution in [3.05, 3.63) is 64.7 Å². The van der Waals surface area contributed by atoms with Crippen LogP contribution in [0.5, 0.6) is 0 Å². The van der Waals surface area contributed by atoms with Crippen molar-refractivity contribution >= 4 is 23.9 Å². The summed E-state index contributed by atoms with van der Waals surface area (Å²) in [7, 11) is 0. The van der Waals surface area contributed by atoms with Crippen LogP contribution < -0.4 is 16.3 Å². The van der Waals surface area contributed by atoms with Gasteiger partial charge < -0.3 is 29.4 Å². The number of anilines is 1. The van der Waals surface area contributed by atoms with Crippen LogP contribution in [0.15, 0.2) is 53.5 Å². The molecule has 3 unspecified atom stereocenters. The summed E-state index contributed by atoms with van der Waals surface area (Å²) in [5.41, 5.74) is 0.364. The molecule has 1 aromatic carbocycles. The molecule has 1 aromatic heterocycles. The molecule has 2 amide bonds.